The van der Waals surface area contributed by atoms with Gasteiger partial charge in [-0.05, 0) is 24.6 Å². The molecule has 0 saturated carbocycles. The summed E-state index contributed by atoms with van der Waals surface area (Å²) in [6.07, 6.45) is 0.235. The summed E-state index contributed by atoms with van der Waals surface area (Å²) in [6.45, 7) is -0.244. The minimum atomic E-state index is -1.16. The van der Waals surface area contributed by atoms with E-state index >= 15 is 0 Å². The highest BCUT2D eigenvalue weighted by Gasteiger charge is 2.35. The van der Waals surface area contributed by atoms with Crippen LogP contribution in [0.15, 0.2) is 24.3 Å². The maximum absolute atomic E-state index is 13.1. The number of carboxylic acids is 1. The highest BCUT2D eigenvalue weighted by molar-refractivity contribution is 6.00. The second kappa shape index (κ2) is 5.17. The fourth-order valence-corrected chi connectivity index (χ4v) is 2.09. The first-order valence-electron chi connectivity index (χ1n) is 5.80. The van der Waals surface area contributed by atoms with E-state index in [1.807, 2.05) is 0 Å². The molecular formula is C13H12FNO4. The first-order valence-corrected chi connectivity index (χ1v) is 5.80. The molecule has 1 fully saturated rings. The van der Waals surface area contributed by atoms with Gasteiger partial charge in [-0.1, -0.05) is 6.07 Å². The maximum atomic E-state index is 13.1. The minimum Gasteiger partial charge on any atom is -0.480 e. The molecule has 1 aliphatic rings. The molecule has 0 spiro atoms. The van der Waals surface area contributed by atoms with Crippen LogP contribution in [0.5, 0.6) is 0 Å². The van der Waals surface area contributed by atoms with Crippen LogP contribution in [0.2, 0.25) is 0 Å². The van der Waals surface area contributed by atoms with Crippen molar-refractivity contribution in [2.24, 2.45) is 0 Å². The van der Waals surface area contributed by atoms with Gasteiger partial charge in [0.1, 0.15) is 11.9 Å². The molecular weight excluding hydrogens is 253 g/mol. The van der Waals surface area contributed by atoms with Crippen molar-refractivity contribution in [2.45, 2.75) is 18.9 Å². The van der Waals surface area contributed by atoms with Crippen LogP contribution in [-0.4, -0.2) is 40.3 Å². The summed E-state index contributed by atoms with van der Waals surface area (Å²) in [6, 6.07) is 3.94. The average Bonchev–Trinajstić information content (AvgIpc) is 2.37. The van der Waals surface area contributed by atoms with Gasteiger partial charge in [-0.3, -0.25) is 9.59 Å². The standard InChI is InChI=1S/C13H12FNO4/c14-9-3-1-2-8(6-9)12(17)15-7-10(16)4-5-11(15)13(18)19/h1-3,6,11H,4-5,7H2,(H,18,19). The van der Waals surface area contributed by atoms with Crippen LogP contribution >= 0.6 is 0 Å². The van der Waals surface area contributed by atoms with Crippen molar-refractivity contribution < 1.29 is 23.9 Å². The Bertz CT molecular complexity index is 543. The van der Waals surface area contributed by atoms with E-state index in [2.05, 4.69) is 0 Å². The number of carboxylic acid groups (broad SMARTS) is 1. The van der Waals surface area contributed by atoms with Crippen molar-refractivity contribution in [3.05, 3.63) is 35.6 Å². The third kappa shape index (κ3) is 2.78. The molecule has 0 bridgehead atoms. The van der Waals surface area contributed by atoms with Crippen LogP contribution in [0.25, 0.3) is 0 Å². The van der Waals surface area contributed by atoms with Gasteiger partial charge < -0.3 is 10.0 Å². The van der Waals surface area contributed by atoms with E-state index in [0.29, 0.717) is 0 Å². The zero-order valence-electron chi connectivity index (χ0n) is 10.0. The smallest absolute Gasteiger partial charge is 0.326 e. The SMILES string of the molecule is O=C1CCC(C(=O)O)N(C(=O)c2cccc(F)c2)C1. The molecule has 5 nitrogen and oxygen atoms in total. The van der Waals surface area contributed by atoms with Crippen LogP contribution in [0, 0.1) is 5.82 Å². The van der Waals surface area contributed by atoms with Crippen LogP contribution < -0.4 is 0 Å². The number of benzene rings is 1. The van der Waals surface area contributed by atoms with Crippen LogP contribution in [0.1, 0.15) is 23.2 Å². The molecule has 1 N–H and O–H groups in total. The van der Waals surface area contributed by atoms with Crippen LogP contribution in [0.4, 0.5) is 4.39 Å². The highest BCUT2D eigenvalue weighted by atomic mass is 19.1. The van der Waals surface area contributed by atoms with Gasteiger partial charge in [-0.15, -0.1) is 0 Å². The summed E-state index contributed by atoms with van der Waals surface area (Å²) in [4.78, 5) is 35.6. The molecule has 0 aromatic heterocycles. The Labute approximate surface area is 108 Å². The number of Topliss-reactive ketones (excluding diaryl/α,β-unsaturated/α-hetero) is 1. The largest absolute Gasteiger partial charge is 0.480 e. The zero-order valence-corrected chi connectivity index (χ0v) is 10.0. The molecule has 6 heteroatoms. The number of likely N-dealkylation sites (tertiary alicyclic amines) is 1. The molecule has 2 rings (SSSR count). The molecule has 0 radical (unpaired) electrons. The normalized spacial score (nSPS) is 19.3. The summed E-state index contributed by atoms with van der Waals surface area (Å²) < 4.78 is 13.1. The Morgan fingerprint density at radius 3 is 2.74 bits per heavy atom. The second-order valence-corrected chi connectivity index (χ2v) is 4.37. The molecule has 19 heavy (non-hydrogen) atoms. The Morgan fingerprint density at radius 1 is 1.37 bits per heavy atom. The van der Waals surface area contributed by atoms with Gasteiger partial charge in [0.05, 0.1) is 6.54 Å². The third-order valence-corrected chi connectivity index (χ3v) is 3.04. The Morgan fingerprint density at radius 2 is 2.11 bits per heavy atom. The number of ketones is 1. The lowest BCUT2D eigenvalue weighted by Crippen LogP contribution is -2.50. The topological polar surface area (TPSA) is 74.7 Å². The van der Waals surface area contributed by atoms with E-state index in [0.717, 1.165) is 11.0 Å². The monoisotopic (exact) mass is 265 g/mol. The van der Waals surface area contributed by atoms with Gasteiger partial charge in [0.15, 0.2) is 5.78 Å². The molecule has 0 aliphatic carbocycles. The van der Waals surface area contributed by atoms with E-state index in [9.17, 15) is 18.8 Å². The number of halogens is 1. The predicted molar refractivity (Wildman–Crippen MR) is 63.1 cm³/mol. The summed E-state index contributed by atoms with van der Waals surface area (Å²) in [5, 5.41) is 9.07. The van der Waals surface area contributed by atoms with Crippen molar-refractivity contribution in [1.29, 1.82) is 0 Å². The van der Waals surface area contributed by atoms with Gasteiger partial charge in [0.25, 0.3) is 5.91 Å². The maximum Gasteiger partial charge on any atom is 0.326 e. The van der Waals surface area contributed by atoms with Gasteiger partial charge in [0.2, 0.25) is 0 Å². The molecule has 1 heterocycles. The van der Waals surface area contributed by atoms with Gasteiger partial charge >= 0.3 is 5.97 Å². The van der Waals surface area contributed by atoms with Gasteiger partial charge in [0, 0.05) is 12.0 Å². The van der Waals surface area contributed by atoms with E-state index in [1.54, 1.807) is 0 Å². The molecule has 1 aromatic rings. The lowest BCUT2D eigenvalue weighted by molar-refractivity contribution is -0.144. The number of hydrogen-bond donors (Lipinski definition) is 1. The molecule has 1 aliphatic heterocycles. The molecule has 1 aromatic carbocycles. The molecule has 1 atom stereocenters. The summed E-state index contributed by atoms with van der Waals surface area (Å²) in [7, 11) is 0. The number of nitrogens with zero attached hydrogens (tertiary/aromatic N) is 1. The average molecular weight is 265 g/mol. The van der Waals surface area contributed by atoms with Crippen molar-refractivity contribution in [1.82, 2.24) is 4.90 Å². The number of carbonyl (C=O) groups excluding carboxylic acids is 2. The predicted octanol–water partition coefficient (Wildman–Crippen LogP) is 1.08. The van der Waals surface area contributed by atoms with E-state index in [-0.39, 0.29) is 30.7 Å². The Kier molecular flexibility index (Phi) is 3.59. The first-order chi connectivity index (χ1) is 8.99. The number of aliphatic carboxylic acids is 1. The van der Waals surface area contributed by atoms with Gasteiger partial charge in [-0.25, -0.2) is 9.18 Å². The molecule has 1 amide bonds. The Hall–Kier alpha value is -2.24. The van der Waals surface area contributed by atoms with E-state index in [4.69, 9.17) is 5.11 Å². The number of amides is 1. The third-order valence-electron chi connectivity index (χ3n) is 3.04. The summed E-state index contributed by atoms with van der Waals surface area (Å²) in [5.41, 5.74) is 0.0425. The Balaban J connectivity index is 2.28. The van der Waals surface area contributed by atoms with Crippen molar-refractivity contribution >= 4 is 17.7 Å². The summed E-state index contributed by atoms with van der Waals surface area (Å²) >= 11 is 0. The van der Waals surface area contributed by atoms with Crippen LogP contribution in [-0.2, 0) is 9.59 Å². The van der Waals surface area contributed by atoms with Gasteiger partial charge in [-0.2, -0.15) is 0 Å². The van der Waals surface area contributed by atoms with Crippen LogP contribution in [0.3, 0.4) is 0 Å². The zero-order chi connectivity index (χ0) is 14.0. The fourth-order valence-electron chi connectivity index (χ4n) is 2.09. The fraction of sp³-hybridized carbons (Fsp3) is 0.308. The van der Waals surface area contributed by atoms with Crippen molar-refractivity contribution in [3.8, 4) is 0 Å². The number of hydrogen-bond acceptors (Lipinski definition) is 3. The second-order valence-electron chi connectivity index (χ2n) is 4.37. The highest BCUT2D eigenvalue weighted by Crippen LogP contribution is 2.18. The lowest BCUT2D eigenvalue weighted by Gasteiger charge is -2.32. The lowest BCUT2D eigenvalue weighted by atomic mass is 10.00. The minimum absolute atomic E-state index is 0.0425. The number of piperidine rings is 1. The molecule has 100 valence electrons. The number of rotatable bonds is 2. The molecule has 1 saturated heterocycles. The van der Waals surface area contributed by atoms with Crippen molar-refractivity contribution in [2.75, 3.05) is 6.54 Å². The summed E-state index contributed by atoms with van der Waals surface area (Å²) in [5.74, 6) is -2.57. The van der Waals surface area contributed by atoms with E-state index < -0.39 is 23.7 Å². The number of carbonyl (C=O) groups is 3. The molecule has 1 unspecified atom stereocenters. The first kappa shape index (κ1) is 13.2. The van der Waals surface area contributed by atoms with E-state index in [1.165, 1.54) is 18.2 Å². The van der Waals surface area contributed by atoms with Crippen molar-refractivity contribution in [3.63, 3.8) is 0 Å². The quantitative estimate of drug-likeness (QED) is 0.868.